The van der Waals surface area contributed by atoms with Gasteiger partial charge in [-0.15, -0.1) is 0 Å². The van der Waals surface area contributed by atoms with Crippen molar-refractivity contribution < 1.29 is 4.42 Å². The largest absolute Gasteiger partial charge is 0.459 e. The SMILES string of the molecule is CCC1(CC)CCN(C(CN)c2cc3ccccc3o2)C1. The number of nitrogens with zero attached hydrogens (tertiary/aromatic N) is 1. The van der Waals surface area contributed by atoms with Crippen molar-refractivity contribution in [1.82, 2.24) is 4.90 Å². The van der Waals surface area contributed by atoms with Gasteiger partial charge in [-0.05, 0) is 43.4 Å². The fourth-order valence-corrected chi connectivity index (χ4v) is 3.67. The highest BCUT2D eigenvalue weighted by Crippen LogP contribution is 2.40. The summed E-state index contributed by atoms with van der Waals surface area (Å²) in [5.41, 5.74) is 7.51. The lowest BCUT2D eigenvalue weighted by Gasteiger charge is -2.29. The molecular weight excluding hydrogens is 260 g/mol. The normalized spacial score (nSPS) is 20.1. The molecule has 1 aromatic carbocycles. The standard InChI is InChI=1S/C18H26N2O/c1-3-18(4-2)9-10-20(13-18)15(12-19)17-11-14-7-5-6-8-16(14)21-17/h5-8,11,15H,3-4,9-10,12-13,19H2,1-2H3. The van der Waals surface area contributed by atoms with Gasteiger partial charge in [0.15, 0.2) is 0 Å². The third-order valence-corrected chi connectivity index (χ3v) is 5.40. The molecule has 0 radical (unpaired) electrons. The highest BCUT2D eigenvalue weighted by Gasteiger charge is 2.38. The number of likely N-dealkylation sites (tertiary alicyclic amines) is 1. The second-order valence-corrected chi connectivity index (χ2v) is 6.37. The maximum Gasteiger partial charge on any atom is 0.134 e. The summed E-state index contributed by atoms with van der Waals surface area (Å²) in [5.74, 6) is 1.02. The molecule has 2 N–H and O–H groups in total. The Morgan fingerprint density at radius 3 is 2.67 bits per heavy atom. The van der Waals surface area contributed by atoms with Crippen molar-refractivity contribution in [1.29, 1.82) is 0 Å². The molecule has 1 saturated heterocycles. The topological polar surface area (TPSA) is 42.4 Å². The Hall–Kier alpha value is -1.32. The Morgan fingerprint density at radius 2 is 2.05 bits per heavy atom. The molecule has 1 aliphatic heterocycles. The second kappa shape index (κ2) is 5.82. The summed E-state index contributed by atoms with van der Waals surface area (Å²) in [7, 11) is 0. The molecule has 0 spiro atoms. The van der Waals surface area contributed by atoms with Gasteiger partial charge in [-0.3, -0.25) is 4.90 Å². The molecule has 1 atom stereocenters. The lowest BCUT2D eigenvalue weighted by molar-refractivity contribution is 0.182. The van der Waals surface area contributed by atoms with Crippen molar-refractivity contribution in [2.24, 2.45) is 11.1 Å². The summed E-state index contributed by atoms with van der Waals surface area (Å²) < 4.78 is 6.05. The maximum absolute atomic E-state index is 6.08. The third-order valence-electron chi connectivity index (χ3n) is 5.40. The molecule has 114 valence electrons. The Morgan fingerprint density at radius 1 is 1.29 bits per heavy atom. The zero-order chi connectivity index (χ0) is 14.9. The van der Waals surface area contributed by atoms with Gasteiger partial charge in [0.05, 0.1) is 6.04 Å². The minimum absolute atomic E-state index is 0.206. The van der Waals surface area contributed by atoms with Gasteiger partial charge in [0.2, 0.25) is 0 Å². The van der Waals surface area contributed by atoms with Gasteiger partial charge in [-0.25, -0.2) is 0 Å². The van der Waals surface area contributed by atoms with Gasteiger partial charge in [0.1, 0.15) is 11.3 Å². The minimum Gasteiger partial charge on any atom is -0.459 e. The summed E-state index contributed by atoms with van der Waals surface area (Å²) in [6, 6.07) is 10.6. The second-order valence-electron chi connectivity index (χ2n) is 6.37. The van der Waals surface area contributed by atoms with Crippen molar-refractivity contribution in [3.63, 3.8) is 0 Å². The van der Waals surface area contributed by atoms with Crippen LogP contribution >= 0.6 is 0 Å². The number of hydrogen-bond acceptors (Lipinski definition) is 3. The number of benzene rings is 1. The van der Waals surface area contributed by atoms with Crippen LogP contribution in [0.25, 0.3) is 11.0 Å². The third kappa shape index (κ3) is 2.60. The van der Waals surface area contributed by atoms with Crippen molar-refractivity contribution in [3.8, 4) is 0 Å². The molecule has 1 aliphatic rings. The molecule has 2 heterocycles. The quantitative estimate of drug-likeness (QED) is 0.905. The summed E-state index contributed by atoms with van der Waals surface area (Å²) in [5, 5.41) is 1.17. The van der Waals surface area contributed by atoms with Crippen LogP contribution in [-0.2, 0) is 0 Å². The monoisotopic (exact) mass is 286 g/mol. The molecule has 0 amide bonds. The van der Waals surface area contributed by atoms with Crippen LogP contribution in [0.1, 0.15) is 44.9 Å². The Bertz CT molecular complexity index is 567. The molecule has 1 unspecified atom stereocenters. The average Bonchev–Trinajstić information content (AvgIpc) is 3.13. The van der Waals surface area contributed by atoms with Crippen molar-refractivity contribution in [2.75, 3.05) is 19.6 Å². The van der Waals surface area contributed by atoms with Crippen LogP contribution in [-0.4, -0.2) is 24.5 Å². The maximum atomic E-state index is 6.08. The first kappa shape index (κ1) is 14.6. The van der Waals surface area contributed by atoms with Gasteiger partial charge in [0.25, 0.3) is 0 Å². The van der Waals surface area contributed by atoms with Crippen molar-refractivity contribution in [3.05, 3.63) is 36.1 Å². The molecule has 1 aromatic heterocycles. The Balaban J connectivity index is 1.85. The summed E-state index contributed by atoms with van der Waals surface area (Å²) in [6.45, 7) is 7.50. The highest BCUT2D eigenvalue weighted by molar-refractivity contribution is 5.77. The molecule has 0 saturated carbocycles. The van der Waals surface area contributed by atoms with Crippen LogP contribution in [0.15, 0.2) is 34.7 Å². The lowest BCUT2D eigenvalue weighted by Crippen LogP contribution is -2.34. The van der Waals surface area contributed by atoms with E-state index in [0.717, 1.165) is 24.4 Å². The zero-order valence-electron chi connectivity index (χ0n) is 13.1. The van der Waals surface area contributed by atoms with E-state index in [1.54, 1.807) is 0 Å². The van der Waals surface area contributed by atoms with Crippen molar-refractivity contribution in [2.45, 2.75) is 39.2 Å². The van der Waals surface area contributed by atoms with Gasteiger partial charge in [0, 0.05) is 18.5 Å². The van der Waals surface area contributed by atoms with E-state index in [2.05, 4.69) is 30.9 Å². The smallest absolute Gasteiger partial charge is 0.134 e. The fourth-order valence-electron chi connectivity index (χ4n) is 3.67. The van der Waals surface area contributed by atoms with E-state index in [1.807, 2.05) is 18.2 Å². The predicted molar refractivity (Wildman–Crippen MR) is 87.2 cm³/mol. The molecule has 21 heavy (non-hydrogen) atoms. The summed E-state index contributed by atoms with van der Waals surface area (Å²) in [6.07, 6.45) is 3.77. The highest BCUT2D eigenvalue weighted by atomic mass is 16.3. The molecule has 1 fully saturated rings. The lowest BCUT2D eigenvalue weighted by atomic mass is 9.82. The number of furan rings is 1. The molecular formula is C18H26N2O. The van der Waals surface area contributed by atoms with Crippen molar-refractivity contribution >= 4 is 11.0 Å². The zero-order valence-corrected chi connectivity index (χ0v) is 13.1. The van der Waals surface area contributed by atoms with Gasteiger partial charge in [-0.1, -0.05) is 32.0 Å². The molecule has 0 bridgehead atoms. The first-order valence-corrected chi connectivity index (χ1v) is 8.14. The molecule has 2 aromatic rings. The molecule has 3 heteroatoms. The first-order valence-electron chi connectivity index (χ1n) is 8.14. The number of para-hydroxylation sites is 1. The van der Waals surface area contributed by atoms with Crippen LogP contribution in [0.5, 0.6) is 0 Å². The van der Waals surface area contributed by atoms with E-state index < -0.39 is 0 Å². The van der Waals surface area contributed by atoms with E-state index >= 15 is 0 Å². The van der Waals surface area contributed by atoms with Gasteiger partial charge < -0.3 is 10.2 Å². The average molecular weight is 286 g/mol. The van der Waals surface area contributed by atoms with E-state index in [9.17, 15) is 0 Å². The van der Waals surface area contributed by atoms with Crippen LogP contribution < -0.4 is 5.73 Å². The van der Waals surface area contributed by atoms with Gasteiger partial charge in [-0.2, -0.15) is 0 Å². The van der Waals surface area contributed by atoms with E-state index in [4.69, 9.17) is 10.2 Å². The Kier molecular flexibility index (Phi) is 4.05. The molecule has 3 rings (SSSR count). The van der Waals surface area contributed by atoms with E-state index in [0.29, 0.717) is 12.0 Å². The molecule has 0 aliphatic carbocycles. The number of nitrogens with two attached hydrogens (primary N) is 1. The van der Waals surface area contributed by atoms with E-state index in [1.165, 1.54) is 24.6 Å². The Labute approximate surface area is 127 Å². The fraction of sp³-hybridized carbons (Fsp3) is 0.556. The van der Waals surface area contributed by atoms with Crippen LogP contribution in [0, 0.1) is 5.41 Å². The summed E-state index contributed by atoms with van der Waals surface area (Å²) >= 11 is 0. The predicted octanol–water partition coefficient (Wildman–Crippen LogP) is 3.94. The number of fused-ring (bicyclic) bond motifs is 1. The van der Waals surface area contributed by atoms with E-state index in [-0.39, 0.29) is 6.04 Å². The van der Waals surface area contributed by atoms with Crippen LogP contribution in [0.4, 0.5) is 0 Å². The van der Waals surface area contributed by atoms with Crippen LogP contribution in [0.2, 0.25) is 0 Å². The number of rotatable bonds is 5. The number of hydrogen-bond donors (Lipinski definition) is 1. The van der Waals surface area contributed by atoms with Gasteiger partial charge >= 0.3 is 0 Å². The summed E-state index contributed by atoms with van der Waals surface area (Å²) in [4.78, 5) is 2.52. The van der Waals surface area contributed by atoms with Crippen LogP contribution in [0.3, 0.4) is 0 Å². The minimum atomic E-state index is 0.206. The first-order chi connectivity index (χ1) is 10.2. The molecule has 3 nitrogen and oxygen atoms in total.